The molecular weight excluding hydrogens is 550 g/mol. The van der Waals surface area contributed by atoms with Crippen LogP contribution in [0.1, 0.15) is 31.9 Å². The molecule has 1 aromatic carbocycles. The predicted octanol–water partition coefficient (Wildman–Crippen LogP) is -2.16. The highest BCUT2D eigenvalue weighted by Crippen LogP contribution is 2.30. The highest BCUT2D eigenvalue weighted by molar-refractivity contribution is 8.10. The third-order valence-electron chi connectivity index (χ3n) is 7.06. The van der Waals surface area contributed by atoms with Crippen LogP contribution >= 0.6 is 0 Å². The summed E-state index contributed by atoms with van der Waals surface area (Å²) >= 11 is 0. The van der Waals surface area contributed by atoms with Gasteiger partial charge >= 0.3 is 12.1 Å². The molecule has 1 aromatic heterocycles. The number of nitrogens with zero attached hydrogens (tertiary/aromatic N) is 2. The van der Waals surface area contributed by atoms with Crippen molar-refractivity contribution in [3.8, 4) is 0 Å². The lowest BCUT2D eigenvalue weighted by Gasteiger charge is -2.43. The molecule has 0 spiro atoms. The van der Waals surface area contributed by atoms with E-state index in [4.69, 9.17) is 71.4 Å². The van der Waals surface area contributed by atoms with E-state index >= 15 is 0 Å². The zero-order chi connectivity index (χ0) is 34.1. The normalized spacial score (nSPS) is 15.3. The maximum Gasteiger partial charge on any atom is 0.413 e. The number of carbonyl (C=O) groups is 3. The van der Waals surface area contributed by atoms with E-state index in [0.29, 0.717) is 12.2 Å². The average molecular weight is 577 g/mol. The standard InChI is InChI=1S/C23H27N3O5.B14/c1-23(2,3)31-22(29)25-18-13-16(10-11-24-18)12-17-19(26(4)20(17)27)21(28)30-14-15-8-6-5-7-9-15;1-9(2)13(10(3)4)14(11(5)6)12(7)8/h5-11,13,17,19H,12,14H2,1-4H3,(H,24,25,29);/t17-,19+;/m1./s1. The second-order valence-corrected chi connectivity index (χ2v) is 11.9. The monoisotopic (exact) mass is 579 g/mol. The number of amides is 2. The summed E-state index contributed by atoms with van der Waals surface area (Å²) in [5, 5.41) is 2.58. The molecule has 206 valence electrons. The van der Waals surface area contributed by atoms with Crippen molar-refractivity contribution in [3.05, 3.63) is 59.8 Å². The molecule has 16 radical (unpaired) electrons. The Morgan fingerprint density at radius 3 is 1.91 bits per heavy atom. The van der Waals surface area contributed by atoms with E-state index < -0.39 is 67.9 Å². The second kappa shape index (κ2) is 17.4. The van der Waals surface area contributed by atoms with Gasteiger partial charge < -0.3 is 14.4 Å². The van der Waals surface area contributed by atoms with Crippen LogP contribution in [0.2, 0.25) is 0 Å². The summed E-state index contributed by atoms with van der Waals surface area (Å²) in [4.78, 5) is 42.5. The van der Waals surface area contributed by atoms with Crippen LogP contribution in [-0.2, 0) is 32.1 Å². The van der Waals surface area contributed by atoms with Gasteiger partial charge in [-0.3, -0.25) is 10.1 Å². The van der Waals surface area contributed by atoms with Crippen LogP contribution in [0.15, 0.2) is 48.7 Å². The molecule has 1 fully saturated rings. The van der Waals surface area contributed by atoms with E-state index in [2.05, 4.69) is 10.3 Å². The van der Waals surface area contributed by atoms with Gasteiger partial charge in [0, 0.05) is 113 Å². The quantitative estimate of drug-likeness (QED) is 0.186. The first kappa shape index (κ1) is 38.7. The molecule has 3 rings (SSSR count). The van der Waals surface area contributed by atoms with Gasteiger partial charge in [0.05, 0.1) is 5.92 Å². The number of β-lactam (4-membered cyclic amide) rings is 1. The highest BCUT2D eigenvalue weighted by atomic mass is 16.6. The highest BCUT2D eigenvalue weighted by Gasteiger charge is 2.50. The van der Waals surface area contributed by atoms with Gasteiger partial charge in [-0.1, -0.05) is 30.3 Å². The van der Waals surface area contributed by atoms with E-state index in [1.54, 1.807) is 40.0 Å². The van der Waals surface area contributed by atoms with Gasteiger partial charge in [0.2, 0.25) is 5.91 Å². The molecule has 1 N–H and O–H groups in total. The lowest BCUT2D eigenvalue weighted by molar-refractivity contribution is -0.172. The molecule has 2 aromatic rings. The Hall–Kier alpha value is -2.51. The number of anilines is 1. The number of hydrogen-bond donors (Lipinski definition) is 1. The fourth-order valence-corrected chi connectivity index (χ4v) is 4.93. The first-order valence-corrected chi connectivity index (χ1v) is 14.4. The van der Waals surface area contributed by atoms with Gasteiger partial charge in [0.15, 0.2) is 0 Å². The van der Waals surface area contributed by atoms with Crippen LogP contribution in [0.25, 0.3) is 0 Å². The van der Waals surface area contributed by atoms with Crippen molar-refractivity contribution >= 4 is 124 Å². The molecule has 0 aliphatic carbocycles. The van der Waals surface area contributed by atoms with Crippen molar-refractivity contribution in [1.29, 1.82) is 0 Å². The van der Waals surface area contributed by atoms with Crippen molar-refractivity contribution in [1.82, 2.24) is 9.88 Å². The van der Waals surface area contributed by atoms with Crippen LogP contribution in [0.4, 0.5) is 10.6 Å². The van der Waals surface area contributed by atoms with Gasteiger partial charge in [-0.2, -0.15) is 0 Å². The number of likely N-dealkylation sites (tertiary alicyclic amines) is 1. The van der Waals surface area contributed by atoms with Crippen molar-refractivity contribution in [2.24, 2.45) is 5.92 Å². The van der Waals surface area contributed by atoms with E-state index in [1.165, 1.54) is 11.1 Å². The minimum absolute atomic E-state index is 0.125. The van der Waals surface area contributed by atoms with Gasteiger partial charge in [-0.15, -0.1) is 0 Å². The summed E-state index contributed by atoms with van der Waals surface area (Å²) in [6.07, 6.45) is -2.82. The number of hydrogen-bond acceptors (Lipinski definition) is 6. The first-order chi connectivity index (χ1) is 20.9. The molecule has 2 heterocycles. The Labute approximate surface area is 280 Å². The minimum atomic E-state index is -0.760. The largest absolute Gasteiger partial charge is 0.459 e. The predicted molar refractivity (Wildman–Crippen MR) is 195 cm³/mol. The summed E-state index contributed by atoms with van der Waals surface area (Å²) in [5.41, 5.74) is 1.03. The lowest BCUT2D eigenvalue weighted by atomic mass is 8.47. The molecule has 2 amide bonds. The number of ether oxygens (including phenoxy) is 2. The topological polar surface area (TPSA) is 97.8 Å². The Bertz CT molecular complexity index is 1240. The third kappa shape index (κ3) is 12.0. The van der Waals surface area contributed by atoms with Gasteiger partial charge in [-0.25, -0.2) is 14.6 Å². The second-order valence-electron chi connectivity index (χ2n) is 11.9. The number of likely N-dealkylation sites (N-methyl/N-ethyl adjacent to an activating group) is 1. The Balaban J connectivity index is 0.000000426. The number of benzene rings is 1. The number of pyridine rings is 1. The number of esters is 1. The van der Waals surface area contributed by atoms with Gasteiger partial charge in [-0.05, 0) is 50.5 Å². The van der Waals surface area contributed by atoms with Gasteiger partial charge in [0.1, 0.15) is 24.1 Å². The summed E-state index contributed by atoms with van der Waals surface area (Å²) in [6.45, 7) is 5.47. The molecular formula is C23H27B14N3O5. The number of carbonyl (C=O) groups excluding carboxylic acids is 3. The third-order valence-corrected chi connectivity index (χ3v) is 7.06. The number of rotatable bonds is 11. The van der Waals surface area contributed by atoms with Crippen LogP contribution in [0, 0.1) is 5.92 Å². The van der Waals surface area contributed by atoms with Crippen molar-refractivity contribution in [2.75, 3.05) is 12.4 Å². The van der Waals surface area contributed by atoms with Crippen molar-refractivity contribution in [2.45, 2.75) is 45.4 Å². The maximum absolute atomic E-state index is 12.6. The van der Waals surface area contributed by atoms with E-state index in [9.17, 15) is 14.4 Å². The zero-order valence-corrected chi connectivity index (χ0v) is 26.2. The molecule has 8 nitrogen and oxygen atoms in total. The van der Waals surface area contributed by atoms with E-state index in [0.717, 1.165) is 11.1 Å². The molecule has 0 bridgehead atoms. The Morgan fingerprint density at radius 1 is 0.889 bits per heavy atom. The summed E-state index contributed by atoms with van der Waals surface area (Å²) < 4.78 is 10.6. The van der Waals surface area contributed by atoms with Crippen LogP contribution in [0.5, 0.6) is 0 Å². The van der Waals surface area contributed by atoms with Crippen LogP contribution < -0.4 is 5.32 Å². The maximum atomic E-state index is 12.6. The average Bonchev–Trinajstić information content (AvgIpc) is 2.93. The number of aromatic nitrogens is 1. The number of nitrogens with one attached hydrogen (secondary N) is 1. The van der Waals surface area contributed by atoms with Crippen molar-refractivity contribution in [3.63, 3.8) is 0 Å². The summed E-state index contributed by atoms with van der Waals surface area (Å²) in [6, 6.07) is 12.1. The van der Waals surface area contributed by atoms with Crippen LogP contribution in [0.3, 0.4) is 0 Å². The molecule has 1 aliphatic rings. The minimum Gasteiger partial charge on any atom is -0.459 e. The fraction of sp³-hybridized carbons (Fsp3) is 0.391. The van der Waals surface area contributed by atoms with Gasteiger partial charge in [0.25, 0.3) is 0 Å². The molecule has 1 saturated heterocycles. The Morgan fingerprint density at radius 2 is 1.42 bits per heavy atom. The molecule has 22 heteroatoms. The van der Waals surface area contributed by atoms with Crippen LogP contribution in [-0.4, -0.2) is 147 Å². The Kier molecular flexibility index (Phi) is 15.0. The molecule has 0 unspecified atom stereocenters. The fourth-order valence-electron chi connectivity index (χ4n) is 4.93. The molecule has 45 heavy (non-hydrogen) atoms. The summed E-state index contributed by atoms with van der Waals surface area (Å²) in [7, 11) is 45.7. The lowest BCUT2D eigenvalue weighted by Crippen LogP contribution is -2.72. The molecule has 1 aliphatic heterocycles. The van der Waals surface area contributed by atoms with E-state index in [1.807, 2.05) is 30.3 Å². The smallest absolute Gasteiger partial charge is 0.413 e. The zero-order valence-electron chi connectivity index (χ0n) is 26.2. The SMILES string of the molecule is CN1C(=O)[C@H](Cc2ccnc(NC(=O)OC(C)(C)C)c2)[C@H]1C(=O)OCc1ccccc1.[B]B([B])B(B([B])[B])B(B([B])[B])B([B])[B]. The van der Waals surface area contributed by atoms with E-state index in [-0.39, 0.29) is 12.5 Å². The molecule has 0 saturated carbocycles. The summed E-state index contributed by atoms with van der Waals surface area (Å²) in [5.74, 6) is -0.766. The van der Waals surface area contributed by atoms with Crippen molar-refractivity contribution < 1.29 is 23.9 Å². The molecule has 2 atom stereocenters. The first-order valence-electron chi connectivity index (χ1n) is 14.4.